The van der Waals surface area contributed by atoms with Crippen molar-refractivity contribution < 1.29 is 4.74 Å². The van der Waals surface area contributed by atoms with Crippen molar-refractivity contribution in [2.24, 2.45) is 0 Å². The van der Waals surface area contributed by atoms with E-state index in [1.165, 1.54) is 24.8 Å². The largest absolute Gasteiger partial charge is 0.502 e. The van der Waals surface area contributed by atoms with E-state index >= 15 is 0 Å². The third-order valence-electron chi connectivity index (χ3n) is 1.92. The fourth-order valence-corrected chi connectivity index (χ4v) is 1.08. The van der Waals surface area contributed by atoms with Gasteiger partial charge in [-0.3, -0.25) is 0 Å². The highest BCUT2D eigenvalue weighted by Crippen LogP contribution is 2.04. The van der Waals surface area contributed by atoms with Gasteiger partial charge in [0, 0.05) is 12.2 Å². The number of ether oxygens (including phenoxy) is 1. The molecule has 0 aliphatic carbocycles. The lowest BCUT2D eigenvalue weighted by molar-refractivity contribution is 0.270. The zero-order valence-electron chi connectivity index (χ0n) is 10.4. The van der Waals surface area contributed by atoms with E-state index in [0.717, 1.165) is 13.2 Å². The lowest BCUT2D eigenvalue weighted by Gasteiger charge is -2.03. The van der Waals surface area contributed by atoms with Crippen molar-refractivity contribution in [2.75, 3.05) is 18.5 Å². The summed E-state index contributed by atoms with van der Waals surface area (Å²) in [5, 5.41) is 3.35. The molecule has 0 saturated carbocycles. The maximum Gasteiger partial charge on any atom is 0.0844 e. The normalized spacial score (nSPS) is 8.62. The van der Waals surface area contributed by atoms with E-state index in [4.69, 9.17) is 0 Å². The monoisotopic (exact) mass is 221 g/mol. The second kappa shape index (κ2) is 11.6. The summed E-state index contributed by atoms with van der Waals surface area (Å²) in [5.74, 6) is 0. The molecule has 1 rings (SSSR count). The molecular formula is C14H23NO. The van der Waals surface area contributed by atoms with Crippen LogP contribution in [0.3, 0.4) is 0 Å². The number of rotatable bonds is 6. The minimum Gasteiger partial charge on any atom is -0.502 e. The molecule has 0 spiro atoms. The number of nitrogens with one attached hydrogen (secondary N) is 1. The van der Waals surface area contributed by atoms with Crippen LogP contribution >= 0.6 is 0 Å². The van der Waals surface area contributed by atoms with Crippen LogP contribution in [0.4, 0.5) is 5.69 Å². The average Bonchev–Trinajstić information content (AvgIpc) is 2.33. The first-order chi connectivity index (χ1) is 7.85. The summed E-state index contributed by atoms with van der Waals surface area (Å²) in [6.45, 7) is 9.26. The summed E-state index contributed by atoms with van der Waals surface area (Å²) in [7, 11) is 0. The lowest BCUT2D eigenvalue weighted by Crippen LogP contribution is -1.99. The van der Waals surface area contributed by atoms with E-state index in [1.54, 1.807) is 0 Å². The molecule has 0 bridgehead atoms. The molecule has 1 aromatic rings. The van der Waals surface area contributed by atoms with Crippen LogP contribution in [0.2, 0.25) is 0 Å². The van der Waals surface area contributed by atoms with E-state index in [0.29, 0.717) is 0 Å². The highest BCUT2D eigenvalue weighted by atomic mass is 16.5. The predicted molar refractivity (Wildman–Crippen MR) is 71.7 cm³/mol. The smallest absolute Gasteiger partial charge is 0.0844 e. The zero-order chi connectivity index (χ0) is 12.1. The average molecular weight is 221 g/mol. The molecule has 0 amide bonds. The topological polar surface area (TPSA) is 21.3 Å². The highest BCUT2D eigenvalue weighted by molar-refractivity contribution is 5.42. The van der Waals surface area contributed by atoms with Gasteiger partial charge in [0.15, 0.2) is 0 Å². The van der Waals surface area contributed by atoms with Gasteiger partial charge < -0.3 is 10.1 Å². The van der Waals surface area contributed by atoms with Gasteiger partial charge in [0.1, 0.15) is 0 Å². The summed E-state index contributed by atoms with van der Waals surface area (Å²) < 4.78 is 4.60. The van der Waals surface area contributed by atoms with E-state index in [2.05, 4.69) is 35.7 Å². The molecule has 0 aromatic heterocycles. The van der Waals surface area contributed by atoms with Crippen LogP contribution in [-0.2, 0) is 4.74 Å². The second-order valence-corrected chi connectivity index (χ2v) is 3.27. The molecule has 0 radical (unpaired) electrons. The van der Waals surface area contributed by atoms with E-state index in [-0.39, 0.29) is 0 Å². The first-order valence-corrected chi connectivity index (χ1v) is 5.86. The highest BCUT2D eigenvalue weighted by Gasteiger charge is 1.86. The molecule has 0 fully saturated rings. The molecule has 0 saturated heterocycles. The molecule has 0 aliphatic heterocycles. The Morgan fingerprint density at radius 3 is 2.38 bits per heavy atom. The van der Waals surface area contributed by atoms with Gasteiger partial charge in [0.05, 0.1) is 12.9 Å². The van der Waals surface area contributed by atoms with Crippen LogP contribution in [0.1, 0.15) is 26.7 Å². The second-order valence-electron chi connectivity index (χ2n) is 3.27. The predicted octanol–water partition coefficient (Wildman–Crippen LogP) is 4.07. The Balaban J connectivity index is 0.000000385. The molecule has 16 heavy (non-hydrogen) atoms. The van der Waals surface area contributed by atoms with Gasteiger partial charge in [-0.1, -0.05) is 38.1 Å². The molecule has 90 valence electrons. The number of para-hydroxylation sites is 1. The molecule has 0 unspecified atom stereocenters. The Morgan fingerprint density at radius 2 is 1.94 bits per heavy atom. The molecule has 0 aliphatic rings. The first kappa shape index (κ1) is 14.6. The van der Waals surface area contributed by atoms with Gasteiger partial charge in [-0.05, 0) is 25.5 Å². The Bertz CT molecular complexity index is 246. The number of unbranched alkanes of at least 4 members (excludes halogenated alkanes) is 1. The van der Waals surface area contributed by atoms with Crippen molar-refractivity contribution in [1.82, 2.24) is 0 Å². The van der Waals surface area contributed by atoms with Crippen molar-refractivity contribution in [2.45, 2.75) is 26.7 Å². The van der Waals surface area contributed by atoms with Crippen LogP contribution < -0.4 is 5.32 Å². The minimum absolute atomic E-state index is 0.726. The Morgan fingerprint density at radius 1 is 1.25 bits per heavy atom. The fraction of sp³-hybridized carbons (Fsp3) is 0.429. The van der Waals surface area contributed by atoms with Gasteiger partial charge in [0.2, 0.25) is 0 Å². The number of hydrogen-bond donors (Lipinski definition) is 1. The number of benzene rings is 1. The summed E-state index contributed by atoms with van der Waals surface area (Å²) in [6, 6.07) is 10.3. The minimum atomic E-state index is 0.726. The summed E-state index contributed by atoms with van der Waals surface area (Å²) in [6.07, 6.45) is 3.93. The van der Waals surface area contributed by atoms with Gasteiger partial charge in [-0.15, -0.1) is 0 Å². The van der Waals surface area contributed by atoms with E-state index in [9.17, 15) is 0 Å². The Kier molecular flexibility index (Phi) is 10.6. The fourth-order valence-electron chi connectivity index (χ4n) is 1.08. The first-order valence-electron chi connectivity index (χ1n) is 5.86. The van der Waals surface area contributed by atoms with Gasteiger partial charge >= 0.3 is 0 Å². The quantitative estimate of drug-likeness (QED) is 0.577. The Hall–Kier alpha value is -1.44. The Labute approximate surface area is 99.3 Å². The summed E-state index contributed by atoms with van der Waals surface area (Å²) >= 11 is 0. The van der Waals surface area contributed by atoms with E-state index in [1.807, 2.05) is 25.1 Å². The molecular weight excluding hydrogens is 198 g/mol. The molecule has 2 nitrogen and oxygen atoms in total. The van der Waals surface area contributed by atoms with Crippen LogP contribution in [0.15, 0.2) is 43.2 Å². The molecule has 1 aromatic carbocycles. The molecule has 2 heteroatoms. The summed E-state index contributed by atoms with van der Waals surface area (Å²) in [4.78, 5) is 0. The molecule has 0 atom stereocenters. The van der Waals surface area contributed by atoms with Gasteiger partial charge in [0.25, 0.3) is 0 Å². The standard InChI is InChI=1S/C10H15N.C4H8O/c1-2-3-9-11-10-7-5-4-6-8-10;1-3-5-4-2/h4-8,11H,2-3,9H2,1H3;3H,1,4H2,2H3. The van der Waals surface area contributed by atoms with Crippen molar-refractivity contribution in [3.63, 3.8) is 0 Å². The van der Waals surface area contributed by atoms with Crippen LogP contribution in [-0.4, -0.2) is 13.2 Å². The van der Waals surface area contributed by atoms with Crippen molar-refractivity contribution in [3.05, 3.63) is 43.2 Å². The van der Waals surface area contributed by atoms with E-state index < -0.39 is 0 Å². The van der Waals surface area contributed by atoms with Crippen LogP contribution in [0.5, 0.6) is 0 Å². The third kappa shape index (κ3) is 9.13. The lowest BCUT2D eigenvalue weighted by atomic mass is 10.3. The van der Waals surface area contributed by atoms with Crippen molar-refractivity contribution in [1.29, 1.82) is 0 Å². The van der Waals surface area contributed by atoms with Crippen molar-refractivity contribution in [3.8, 4) is 0 Å². The number of hydrogen-bond acceptors (Lipinski definition) is 2. The molecule has 1 N–H and O–H groups in total. The van der Waals surface area contributed by atoms with Crippen molar-refractivity contribution >= 4 is 5.69 Å². The van der Waals surface area contributed by atoms with Gasteiger partial charge in [-0.2, -0.15) is 0 Å². The zero-order valence-corrected chi connectivity index (χ0v) is 10.4. The molecule has 0 heterocycles. The van der Waals surface area contributed by atoms with Gasteiger partial charge in [-0.25, -0.2) is 0 Å². The maximum atomic E-state index is 4.60. The summed E-state index contributed by atoms with van der Waals surface area (Å²) in [5.41, 5.74) is 1.22. The number of anilines is 1. The van der Waals surface area contributed by atoms with Crippen LogP contribution in [0, 0.1) is 0 Å². The maximum absolute atomic E-state index is 4.60. The van der Waals surface area contributed by atoms with Crippen LogP contribution in [0.25, 0.3) is 0 Å². The third-order valence-corrected chi connectivity index (χ3v) is 1.92. The SMILES string of the molecule is C=COCC.CCCCNc1ccccc1.